The third-order valence-electron chi connectivity index (χ3n) is 2.17. The first-order valence-electron chi connectivity index (χ1n) is 4.85. The molecule has 0 unspecified atom stereocenters. The molecule has 2 N–H and O–H groups in total. The van der Waals surface area contributed by atoms with Gasteiger partial charge < -0.3 is 5.73 Å². The van der Waals surface area contributed by atoms with E-state index in [2.05, 4.69) is 0 Å². The van der Waals surface area contributed by atoms with Gasteiger partial charge in [0.15, 0.2) is 0 Å². The second-order valence-electron chi connectivity index (χ2n) is 3.48. The van der Waals surface area contributed by atoms with Crippen molar-refractivity contribution in [1.29, 1.82) is 0 Å². The summed E-state index contributed by atoms with van der Waals surface area (Å²) in [6.07, 6.45) is 0. The molecule has 0 atom stereocenters. The van der Waals surface area contributed by atoms with Crippen molar-refractivity contribution in [3.8, 4) is 0 Å². The lowest BCUT2D eigenvalue weighted by atomic mass is 10.3. The third kappa shape index (κ3) is 3.23. The maximum atomic E-state index is 13.5. The van der Waals surface area contributed by atoms with E-state index >= 15 is 0 Å². The Hall–Kier alpha value is -0.170. The van der Waals surface area contributed by atoms with E-state index in [9.17, 15) is 4.39 Å². The minimum Gasteiger partial charge on any atom is -0.398 e. The van der Waals surface area contributed by atoms with Crippen LogP contribution in [0.2, 0.25) is 10.0 Å². The molecule has 6 heteroatoms. The molecular weight excluding hydrogens is 407 g/mol. The van der Waals surface area contributed by atoms with E-state index in [-0.39, 0.29) is 5.82 Å². The molecule has 0 bridgehead atoms. The highest BCUT2D eigenvalue weighted by Crippen LogP contribution is 2.38. The van der Waals surface area contributed by atoms with Crippen LogP contribution in [0.15, 0.2) is 40.1 Å². The number of halogens is 4. The second kappa shape index (κ2) is 5.86. The summed E-state index contributed by atoms with van der Waals surface area (Å²) in [7, 11) is 0. The van der Waals surface area contributed by atoms with Crippen LogP contribution in [0.25, 0.3) is 0 Å². The van der Waals surface area contributed by atoms with Gasteiger partial charge >= 0.3 is 0 Å². The predicted octanol–water partition coefficient (Wildman–Crippen LogP) is 5.47. The van der Waals surface area contributed by atoms with Gasteiger partial charge in [0.05, 0.1) is 8.59 Å². The highest BCUT2D eigenvalue weighted by atomic mass is 127. The molecule has 18 heavy (non-hydrogen) atoms. The fraction of sp³-hybridized carbons (Fsp3) is 0. The normalized spacial score (nSPS) is 10.7. The van der Waals surface area contributed by atoms with Crippen LogP contribution in [0.5, 0.6) is 0 Å². The Balaban J connectivity index is 2.40. The van der Waals surface area contributed by atoms with Crippen LogP contribution in [0.4, 0.5) is 10.1 Å². The van der Waals surface area contributed by atoms with Crippen molar-refractivity contribution in [2.75, 3.05) is 5.73 Å². The summed E-state index contributed by atoms with van der Waals surface area (Å²) in [5, 5.41) is 1.13. The van der Waals surface area contributed by atoms with Crippen molar-refractivity contribution >= 4 is 63.2 Å². The summed E-state index contributed by atoms with van der Waals surface area (Å²) in [5.74, 6) is -0.301. The van der Waals surface area contributed by atoms with Gasteiger partial charge in [-0.2, -0.15) is 0 Å². The number of benzene rings is 2. The van der Waals surface area contributed by atoms with Gasteiger partial charge in [-0.25, -0.2) is 4.39 Å². The Bertz CT molecular complexity index is 607. The van der Waals surface area contributed by atoms with Crippen molar-refractivity contribution in [2.24, 2.45) is 0 Å². The molecule has 2 aromatic carbocycles. The molecule has 0 aliphatic rings. The van der Waals surface area contributed by atoms with Crippen LogP contribution < -0.4 is 5.73 Å². The van der Waals surface area contributed by atoms with Crippen LogP contribution in [0, 0.1) is 9.39 Å². The van der Waals surface area contributed by atoms with Crippen LogP contribution in [0.1, 0.15) is 0 Å². The first-order valence-corrected chi connectivity index (χ1v) is 7.50. The highest BCUT2D eigenvalue weighted by molar-refractivity contribution is 14.1. The average molecular weight is 414 g/mol. The molecule has 0 saturated heterocycles. The molecule has 1 nitrogen and oxygen atoms in total. The Labute approximate surface area is 132 Å². The summed E-state index contributed by atoms with van der Waals surface area (Å²) in [4.78, 5) is 1.37. The smallest absolute Gasteiger partial charge is 0.137 e. The lowest BCUT2D eigenvalue weighted by Crippen LogP contribution is -1.92. The van der Waals surface area contributed by atoms with Gasteiger partial charge in [-0.15, -0.1) is 0 Å². The number of hydrogen-bond acceptors (Lipinski definition) is 2. The maximum absolute atomic E-state index is 13.5. The van der Waals surface area contributed by atoms with Crippen LogP contribution in [0.3, 0.4) is 0 Å². The molecular formula is C12H7Cl2FINS. The quantitative estimate of drug-likeness (QED) is 0.521. The van der Waals surface area contributed by atoms with Gasteiger partial charge in [-0.1, -0.05) is 35.0 Å². The van der Waals surface area contributed by atoms with E-state index < -0.39 is 0 Å². The van der Waals surface area contributed by atoms with Crippen molar-refractivity contribution in [3.05, 3.63) is 49.8 Å². The monoisotopic (exact) mass is 413 g/mol. The largest absolute Gasteiger partial charge is 0.398 e. The Morgan fingerprint density at radius 2 is 1.83 bits per heavy atom. The lowest BCUT2D eigenvalue weighted by molar-refractivity contribution is 0.617. The minimum atomic E-state index is -0.301. The topological polar surface area (TPSA) is 26.0 Å². The molecule has 2 aromatic rings. The molecule has 0 heterocycles. The molecule has 0 radical (unpaired) electrons. The number of anilines is 1. The maximum Gasteiger partial charge on any atom is 0.137 e. The molecule has 2 rings (SSSR count). The number of nitrogens with two attached hydrogens (primary N) is 1. The summed E-state index contributed by atoms with van der Waals surface area (Å²) in [6, 6.07) is 8.12. The predicted molar refractivity (Wildman–Crippen MR) is 84.1 cm³/mol. The standard InChI is InChI=1S/C12H7Cl2FINS/c13-6-1-2-7(14)11(3-6)18-12-4-8(15)9(16)5-10(12)17/h1-5H,17H2. The number of nitrogen functional groups attached to an aromatic ring is 1. The molecule has 0 saturated carbocycles. The molecule has 94 valence electrons. The zero-order valence-corrected chi connectivity index (χ0v) is 13.4. The lowest BCUT2D eigenvalue weighted by Gasteiger charge is -2.08. The fourth-order valence-electron chi connectivity index (χ4n) is 1.31. The first-order chi connectivity index (χ1) is 8.47. The fourth-order valence-corrected chi connectivity index (χ4v) is 3.20. The van der Waals surface area contributed by atoms with Crippen LogP contribution in [-0.2, 0) is 0 Å². The summed E-state index contributed by atoms with van der Waals surface area (Å²) >= 11 is 15.1. The molecule has 0 aliphatic carbocycles. The Morgan fingerprint density at radius 3 is 2.56 bits per heavy atom. The van der Waals surface area contributed by atoms with E-state index in [0.29, 0.717) is 24.2 Å². The van der Waals surface area contributed by atoms with Gasteiger partial charge in [0, 0.05) is 20.5 Å². The molecule has 0 fully saturated rings. The molecule has 0 spiro atoms. The van der Waals surface area contributed by atoms with E-state index in [1.165, 1.54) is 17.8 Å². The third-order valence-corrected chi connectivity index (χ3v) is 4.80. The van der Waals surface area contributed by atoms with Crippen molar-refractivity contribution < 1.29 is 4.39 Å². The number of rotatable bonds is 2. The van der Waals surface area contributed by atoms with Gasteiger partial charge in [-0.05, 0) is 52.9 Å². The zero-order chi connectivity index (χ0) is 13.3. The summed E-state index contributed by atoms with van der Waals surface area (Å²) in [6.45, 7) is 0. The van der Waals surface area contributed by atoms with Crippen LogP contribution >= 0.6 is 57.6 Å². The average Bonchev–Trinajstić information content (AvgIpc) is 2.30. The molecule has 0 aromatic heterocycles. The number of hydrogen-bond donors (Lipinski definition) is 1. The minimum absolute atomic E-state index is 0.301. The molecule has 0 aliphatic heterocycles. The Kier molecular flexibility index (Phi) is 4.64. The van der Waals surface area contributed by atoms with Crippen LogP contribution in [-0.4, -0.2) is 0 Å². The van der Waals surface area contributed by atoms with E-state index in [1.807, 2.05) is 22.6 Å². The van der Waals surface area contributed by atoms with Crippen molar-refractivity contribution in [1.82, 2.24) is 0 Å². The first kappa shape index (κ1) is 14.2. The summed E-state index contributed by atoms with van der Waals surface area (Å²) in [5.41, 5.74) is 6.37. The zero-order valence-electron chi connectivity index (χ0n) is 8.88. The van der Waals surface area contributed by atoms with Gasteiger partial charge in [0.1, 0.15) is 5.82 Å². The van der Waals surface area contributed by atoms with E-state index in [1.54, 1.807) is 24.3 Å². The SMILES string of the molecule is Nc1cc(I)c(F)cc1Sc1cc(Cl)ccc1Cl. The summed E-state index contributed by atoms with van der Waals surface area (Å²) < 4.78 is 14.0. The van der Waals surface area contributed by atoms with Crippen molar-refractivity contribution in [3.63, 3.8) is 0 Å². The van der Waals surface area contributed by atoms with Crippen molar-refractivity contribution in [2.45, 2.75) is 9.79 Å². The molecule has 0 amide bonds. The van der Waals surface area contributed by atoms with Gasteiger partial charge in [-0.3, -0.25) is 0 Å². The van der Waals surface area contributed by atoms with Gasteiger partial charge in [0.2, 0.25) is 0 Å². The Morgan fingerprint density at radius 1 is 1.11 bits per heavy atom. The van der Waals surface area contributed by atoms with E-state index in [0.717, 1.165) is 4.90 Å². The highest BCUT2D eigenvalue weighted by Gasteiger charge is 2.10. The second-order valence-corrected chi connectivity index (χ2v) is 6.57. The van der Waals surface area contributed by atoms with E-state index in [4.69, 9.17) is 28.9 Å². The van der Waals surface area contributed by atoms with Gasteiger partial charge in [0.25, 0.3) is 0 Å².